The van der Waals surface area contributed by atoms with Crippen molar-refractivity contribution in [2.45, 2.75) is 19.4 Å². The monoisotopic (exact) mass is 188 g/mol. The molecule has 5 nitrogen and oxygen atoms in total. The molecule has 1 atom stereocenters. The molecule has 5 heteroatoms. The Bertz CT molecular complexity index is 212. The lowest BCUT2D eigenvalue weighted by Gasteiger charge is -1.98. The number of carboxylic acids is 1. The molecule has 0 unspecified atom stereocenters. The molecule has 0 saturated heterocycles. The molecule has 13 heavy (non-hydrogen) atoms. The van der Waals surface area contributed by atoms with Gasteiger partial charge in [0.2, 0.25) is 0 Å². The molecular formula is C8H14NO4+. The third kappa shape index (κ3) is 7.02. The van der Waals surface area contributed by atoms with Crippen LogP contribution in [0.1, 0.15) is 13.3 Å². The van der Waals surface area contributed by atoms with Gasteiger partial charge in [-0.1, -0.05) is 0 Å². The van der Waals surface area contributed by atoms with E-state index < -0.39 is 18.0 Å². The molecule has 4 N–H and O–H groups in total. The second kappa shape index (κ2) is 6.19. The van der Waals surface area contributed by atoms with Crippen LogP contribution in [-0.4, -0.2) is 29.7 Å². The molecule has 0 aliphatic heterocycles. The van der Waals surface area contributed by atoms with Gasteiger partial charge in [0.25, 0.3) is 0 Å². The minimum absolute atomic E-state index is 0.0874. The summed E-state index contributed by atoms with van der Waals surface area (Å²) in [6, 6.07) is -0.401. The summed E-state index contributed by atoms with van der Waals surface area (Å²) in [4.78, 5) is 20.9. The van der Waals surface area contributed by atoms with E-state index in [0.29, 0.717) is 6.61 Å². The average molecular weight is 188 g/mol. The number of carbonyl (C=O) groups is 2. The van der Waals surface area contributed by atoms with Gasteiger partial charge in [-0.05, 0) is 13.0 Å². The van der Waals surface area contributed by atoms with E-state index in [-0.39, 0.29) is 6.42 Å². The Morgan fingerprint density at radius 2 is 2.23 bits per heavy atom. The molecule has 0 aromatic carbocycles. The van der Waals surface area contributed by atoms with E-state index in [1.165, 1.54) is 12.2 Å². The fraction of sp³-hybridized carbons (Fsp3) is 0.500. The van der Waals surface area contributed by atoms with Gasteiger partial charge in [-0.2, -0.15) is 0 Å². The van der Waals surface area contributed by atoms with Crippen LogP contribution in [0.4, 0.5) is 0 Å². The minimum atomic E-state index is -0.937. The zero-order chi connectivity index (χ0) is 10.3. The van der Waals surface area contributed by atoms with Crippen molar-refractivity contribution in [1.82, 2.24) is 0 Å². The summed E-state index contributed by atoms with van der Waals surface area (Å²) < 4.78 is 4.60. The van der Waals surface area contributed by atoms with E-state index in [1.807, 2.05) is 0 Å². The minimum Gasteiger partial charge on any atom is -0.481 e. The maximum absolute atomic E-state index is 10.7. The largest absolute Gasteiger partial charge is 0.481 e. The van der Waals surface area contributed by atoms with Crippen molar-refractivity contribution in [2.24, 2.45) is 0 Å². The predicted octanol–water partition coefficient (Wildman–Crippen LogP) is -0.809. The first kappa shape index (κ1) is 11.6. The smallest absolute Gasteiger partial charge is 0.330 e. The second-order valence-corrected chi connectivity index (χ2v) is 2.47. The van der Waals surface area contributed by atoms with E-state index >= 15 is 0 Å². The van der Waals surface area contributed by atoms with Crippen molar-refractivity contribution in [3.63, 3.8) is 0 Å². The molecule has 0 amide bonds. The highest BCUT2D eigenvalue weighted by Crippen LogP contribution is 1.89. The van der Waals surface area contributed by atoms with Crippen molar-refractivity contribution in [3.05, 3.63) is 12.2 Å². The maximum Gasteiger partial charge on any atom is 0.330 e. The normalized spacial score (nSPS) is 12.8. The average Bonchev–Trinajstić information content (AvgIpc) is 2.00. The van der Waals surface area contributed by atoms with Gasteiger partial charge in [0.15, 0.2) is 0 Å². The number of esters is 1. The van der Waals surface area contributed by atoms with Crippen LogP contribution in [0.3, 0.4) is 0 Å². The fourth-order valence-electron chi connectivity index (χ4n) is 0.697. The number of carboxylic acid groups (broad SMARTS) is 1. The van der Waals surface area contributed by atoms with Crippen LogP contribution in [0, 0.1) is 0 Å². The van der Waals surface area contributed by atoms with Gasteiger partial charge in [-0.3, -0.25) is 4.79 Å². The van der Waals surface area contributed by atoms with Crippen molar-refractivity contribution < 1.29 is 25.2 Å². The van der Waals surface area contributed by atoms with Crippen molar-refractivity contribution in [3.8, 4) is 0 Å². The fourth-order valence-corrected chi connectivity index (χ4v) is 0.697. The first-order valence-electron chi connectivity index (χ1n) is 3.96. The van der Waals surface area contributed by atoms with Gasteiger partial charge in [0.1, 0.15) is 12.5 Å². The highest BCUT2D eigenvalue weighted by molar-refractivity contribution is 5.82. The Labute approximate surface area is 76.2 Å². The topological polar surface area (TPSA) is 91.2 Å². The lowest BCUT2D eigenvalue weighted by atomic mass is 10.2. The van der Waals surface area contributed by atoms with Crippen LogP contribution < -0.4 is 5.73 Å². The number of hydrogen-bond acceptors (Lipinski definition) is 3. The van der Waals surface area contributed by atoms with E-state index in [9.17, 15) is 9.59 Å². The zero-order valence-electron chi connectivity index (χ0n) is 7.53. The summed E-state index contributed by atoms with van der Waals surface area (Å²) in [6.45, 7) is 2.01. The van der Waals surface area contributed by atoms with Gasteiger partial charge in [0.05, 0.1) is 6.61 Å². The number of carbonyl (C=O) groups excluding carboxylic acids is 1. The summed E-state index contributed by atoms with van der Waals surface area (Å²) in [7, 11) is 0. The standard InChI is InChI=1S/C8H13NO4/c1-2-13-8(12)4-3-6(9)5-7(10)11/h3-4,6H,2,5,9H2,1H3,(H,10,11)/p+1/b4-3+/t6-/m1/s1. The maximum atomic E-state index is 10.7. The number of rotatable bonds is 5. The SMILES string of the molecule is CCOC(=O)/C=C/[C@@H]([NH3+])CC(=O)O. The highest BCUT2D eigenvalue weighted by Gasteiger charge is 2.07. The van der Waals surface area contributed by atoms with Gasteiger partial charge in [0, 0.05) is 6.08 Å². The van der Waals surface area contributed by atoms with E-state index in [4.69, 9.17) is 5.11 Å². The molecule has 0 aliphatic rings. The van der Waals surface area contributed by atoms with Gasteiger partial charge >= 0.3 is 11.9 Å². The third-order valence-corrected chi connectivity index (χ3v) is 1.23. The molecule has 0 aromatic rings. The van der Waals surface area contributed by atoms with E-state index in [2.05, 4.69) is 10.5 Å². The summed E-state index contributed by atoms with van der Waals surface area (Å²) >= 11 is 0. The van der Waals surface area contributed by atoms with E-state index in [0.717, 1.165) is 0 Å². The molecule has 0 spiro atoms. The first-order chi connectivity index (χ1) is 6.06. The molecule has 0 aromatic heterocycles. The van der Waals surface area contributed by atoms with Crippen LogP contribution >= 0.6 is 0 Å². The Morgan fingerprint density at radius 1 is 1.62 bits per heavy atom. The summed E-state index contributed by atoms with van der Waals surface area (Å²) in [5.74, 6) is -1.41. The molecule has 0 bridgehead atoms. The van der Waals surface area contributed by atoms with Gasteiger partial charge in [-0.15, -0.1) is 0 Å². The van der Waals surface area contributed by atoms with Crippen LogP contribution in [0.2, 0.25) is 0 Å². The summed E-state index contributed by atoms with van der Waals surface area (Å²) in [6.07, 6.45) is 2.53. The predicted molar refractivity (Wildman–Crippen MR) is 44.7 cm³/mol. The third-order valence-electron chi connectivity index (χ3n) is 1.23. The van der Waals surface area contributed by atoms with Crippen LogP contribution in [0.5, 0.6) is 0 Å². The molecule has 0 fully saturated rings. The van der Waals surface area contributed by atoms with Crippen LogP contribution in [-0.2, 0) is 14.3 Å². The van der Waals surface area contributed by atoms with Crippen LogP contribution in [0.15, 0.2) is 12.2 Å². The number of hydrogen-bond donors (Lipinski definition) is 2. The van der Waals surface area contributed by atoms with Gasteiger partial charge < -0.3 is 15.6 Å². The Balaban J connectivity index is 3.82. The quantitative estimate of drug-likeness (QED) is 0.436. The van der Waals surface area contributed by atoms with Gasteiger partial charge in [-0.25, -0.2) is 4.79 Å². The first-order valence-corrected chi connectivity index (χ1v) is 3.96. The van der Waals surface area contributed by atoms with Crippen molar-refractivity contribution in [1.29, 1.82) is 0 Å². The number of ether oxygens (including phenoxy) is 1. The Hall–Kier alpha value is -1.36. The molecule has 0 radical (unpaired) electrons. The lowest BCUT2D eigenvalue weighted by Crippen LogP contribution is -2.60. The Morgan fingerprint density at radius 3 is 2.69 bits per heavy atom. The molecule has 0 rings (SSSR count). The lowest BCUT2D eigenvalue weighted by molar-refractivity contribution is -0.402. The summed E-state index contributed by atoms with van der Waals surface area (Å²) in [5.41, 5.74) is 3.53. The molecule has 0 aliphatic carbocycles. The molecule has 0 heterocycles. The highest BCUT2D eigenvalue weighted by atomic mass is 16.5. The van der Waals surface area contributed by atoms with Crippen molar-refractivity contribution >= 4 is 11.9 Å². The second-order valence-electron chi connectivity index (χ2n) is 2.47. The molecule has 74 valence electrons. The van der Waals surface area contributed by atoms with E-state index in [1.54, 1.807) is 6.92 Å². The number of quaternary nitrogens is 1. The molecular weight excluding hydrogens is 174 g/mol. The molecule has 0 saturated carbocycles. The van der Waals surface area contributed by atoms with Crippen LogP contribution in [0.25, 0.3) is 0 Å². The summed E-state index contributed by atoms with van der Waals surface area (Å²) in [5, 5.41) is 8.36. The zero-order valence-corrected chi connectivity index (χ0v) is 7.53. The van der Waals surface area contributed by atoms with Crippen molar-refractivity contribution in [2.75, 3.05) is 6.61 Å². The Kier molecular flexibility index (Phi) is 5.54. The number of aliphatic carboxylic acids is 1.